The van der Waals surface area contributed by atoms with Crippen LogP contribution in [0, 0.1) is 5.92 Å². The normalized spacial score (nSPS) is 12.1. The molecule has 1 atom stereocenters. The third kappa shape index (κ3) is 2.78. The Labute approximate surface area is 92.0 Å². The van der Waals surface area contributed by atoms with Gasteiger partial charge in [0, 0.05) is 13.5 Å². The molecule has 0 saturated carbocycles. The zero-order valence-electron chi connectivity index (χ0n) is 9.08. The smallest absolute Gasteiger partial charge is 0.320 e. The predicted molar refractivity (Wildman–Crippen MR) is 52.5 cm³/mol. The lowest BCUT2D eigenvalue weighted by Gasteiger charge is -2.10. The Morgan fingerprint density at radius 3 is 2.75 bits per heavy atom. The number of ether oxygens (including phenoxy) is 1. The van der Waals surface area contributed by atoms with Gasteiger partial charge in [-0.1, -0.05) is 0 Å². The Bertz CT molecular complexity index is 388. The number of aliphatic carboxylic acids is 1. The molecule has 0 saturated heterocycles. The number of hydrogen-bond acceptors (Lipinski definition) is 5. The number of hydrogen-bond donors (Lipinski definition) is 1. The highest BCUT2D eigenvalue weighted by Gasteiger charge is 2.29. The average Bonchev–Trinajstić information content (AvgIpc) is 2.60. The number of esters is 1. The Hall–Kier alpha value is -1.92. The maximum Gasteiger partial charge on any atom is 0.320 e. The van der Waals surface area contributed by atoms with Gasteiger partial charge in [-0.3, -0.25) is 14.3 Å². The van der Waals surface area contributed by atoms with E-state index in [2.05, 4.69) is 14.8 Å². The zero-order valence-corrected chi connectivity index (χ0v) is 9.08. The molecule has 0 spiro atoms. The summed E-state index contributed by atoms with van der Waals surface area (Å²) < 4.78 is 6.10. The van der Waals surface area contributed by atoms with E-state index in [0.29, 0.717) is 5.82 Å². The van der Waals surface area contributed by atoms with Gasteiger partial charge in [0.1, 0.15) is 12.2 Å². The molecule has 0 aliphatic heterocycles. The zero-order chi connectivity index (χ0) is 12.1. The lowest BCUT2D eigenvalue weighted by Crippen LogP contribution is -2.29. The van der Waals surface area contributed by atoms with Gasteiger partial charge in [-0.05, 0) is 6.92 Å². The molecule has 1 rings (SSSR count). The molecule has 0 radical (unpaired) electrons. The van der Waals surface area contributed by atoms with Crippen LogP contribution in [0.15, 0.2) is 6.33 Å². The number of aryl methyl sites for hydroxylation is 1. The van der Waals surface area contributed by atoms with Crippen molar-refractivity contribution in [2.24, 2.45) is 13.0 Å². The largest absolute Gasteiger partial charge is 0.481 e. The second kappa shape index (κ2) is 5.24. The van der Waals surface area contributed by atoms with Gasteiger partial charge in [-0.15, -0.1) is 0 Å². The predicted octanol–water partition coefficient (Wildman–Crippen LogP) is -0.379. The summed E-state index contributed by atoms with van der Waals surface area (Å²) in [7, 11) is 1.63. The average molecular weight is 227 g/mol. The summed E-state index contributed by atoms with van der Waals surface area (Å²) >= 11 is 0. The van der Waals surface area contributed by atoms with Crippen molar-refractivity contribution in [1.29, 1.82) is 0 Å². The minimum atomic E-state index is -1.23. The number of aromatic nitrogens is 3. The summed E-state index contributed by atoms with van der Waals surface area (Å²) in [5.74, 6) is -2.78. The molecule has 1 aromatic heterocycles. The van der Waals surface area contributed by atoms with Gasteiger partial charge in [0.25, 0.3) is 0 Å². The van der Waals surface area contributed by atoms with E-state index < -0.39 is 17.9 Å². The van der Waals surface area contributed by atoms with Crippen LogP contribution in [0.5, 0.6) is 0 Å². The van der Waals surface area contributed by atoms with Crippen molar-refractivity contribution >= 4 is 11.9 Å². The Morgan fingerprint density at radius 1 is 1.62 bits per heavy atom. The highest BCUT2D eigenvalue weighted by atomic mass is 16.5. The Morgan fingerprint density at radius 2 is 2.31 bits per heavy atom. The van der Waals surface area contributed by atoms with E-state index in [9.17, 15) is 9.59 Å². The maximum atomic E-state index is 11.4. The fourth-order valence-electron chi connectivity index (χ4n) is 1.20. The molecule has 0 amide bonds. The topological polar surface area (TPSA) is 94.3 Å². The molecule has 1 unspecified atom stereocenters. The molecular weight excluding hydrogens is 214 g/mol. The minimum Gasteiger partial charge on any atom is -0.481 e. The first-order valence-corrected chi connectivity index (χ1v) is 4.78. The van der Waals surface area contributed by atoms with E-state index in [-0.39, 0.29) is 13.0 Å². The third-order valence-electron chi connectivity index (χ3n) is 2.06. The maximum absolute atomic E-state index is 11.4. The van der Waals surface area contributed by atoms with Crippen LogP contribution in [0.4, 0.5) is 0 Å². The van der Waals surface area contributed by atoms with Gasteiger partial charge in [0.05, 0.1) is 6.61 Å². The molecule has 7 heteroatoms. The van der Waals surface area contributed by atoms with Crippen LogP contribution < -0.4 is 0 Å². The molecule has 0 aliphatic rings. The Balaban J connectivity index is 2.76. The second-order valence-corrected chi connectivity index (χ2v) is 3.15. The van der Waals surface area contributed by atoms with Crippen LogP contribution in [0.25, 0.3) is 0 Å². The standard InChI is InChI=1S/C9H13N3O4/c1-3-16-9(15)6(8(13)14)4-7-10-5-11-12(7)2/h5-6H,3-4H2,1-2H3,(H,13,14). The van der Waals surface area contributed by atoms with Crippen molar-refractivity contribution in [2.45, 2.75) is 13.3 Å². The molecule has 1 N–H and O–H groups in total. The van der Waals surface area contributed by atoms with Crippen molar-refractivity contribution < 1.29 is 19.4 Å². The summed E-state index contributed by atoms with van der Waals surface area (Å²) in [5.41, 5.74) is 0. The summed E-state index contributed by atoms with van der Waals surface area (Å²) in [4.78, 5) is 26.1. The van der Waals surface area contributed by atoms with Gasteiger partial charge >= 0.3 is 11.9 Å². The number of carbonyl (C=O) groups excluding carboxylic acids is 1. The fraction of sp³-hybridized carbons (Fsp3) is 0.556. The van der Waals surface area contributed by atoms with E-state index in [1.54, 1.807) is 14.0 Å². The monoisotopic (exact) mass is 227 g/mol. The quantitative estimate of drug-likeness (QED) is 0.544. The number of rotatable bonds is 5. The highest BCUT2D eigenvalue weighted by Crippen LogP contribution is 2.08. The molecule has 1 aromatic rings. The molecule has 0 aliphatic carbocycles. The fourth-order valence-corrected chi connectivity index (χ4v) is 1.20. The number of carboxylic acid groups (broad SMARTS) is 1. The lowest BCUT2D eigenvalue weighted by molar-refractivity contribution is -0.158. The summed E-state index contributed by atoms with van der Waals surface area (Å²) in [6, 6.07) is 0. The van der Waals surface area contributed by atoms with E-state index in [0.717, 1.165) is 0 Å². The first-order chi connectivity index (χ1) is 7.56. The number of nitrogens with zero attached hydrogens (tertiary/aromatic N) is 3. The van der Waals surface area contributed by atoms with E-state index in [1.165, 1.54) is 11.0 Å². The van der Waals surface area contributed by atoms with Crippen LogP contribution in [-0.4, -0.2) is 38.4 Å². The van der Waals surface area contributed by atoms with Gasteiger partial charge in [-0.2, -0.15) is 5.10 Å². The third-order valence-corrected chi connectivity index (χ3v) is 2.06. The van der Waals surface area contributed by atoms with Crippen molar-refractivity contribution in [2.75, 3.05) is 6.61 Å². The Kier molecular flexibility index (Phi) is 3.98. The summed E-state index contributed by atoms with van der Waals surface area (Å²) in [6.45, 7) is 1.78. The SMILES string of the molecule is CCOC(=O)C(Cc1ncnn1C)C(=O)O. The van der Waals surface area contributed by atoms with Crippen LogP contribution >= 0.6 is 0 Å². The molecule has 0 fully saturated rings. The minimum absolute atomic E-state index is 0.0231. The van der Waals surface area contributed by atoms with E-state index in [1.807, 2.05) is 0 Å². The van der Waals surface area contributed by atoms with Crippen molar-refractivity contribution in [3.63, 3.8) is 0 Å². The molecule has 1 heterocycles. The molecule has 7 nitrogen and oxygen atoms in total. The van der Waals surface area contributed by atoms with Crippen molar-refractivity contribution in [3.8, 4) is 0 Å². The number of carboxylic acids is 1. The van der Waals surface area contributed by atoms with Crippen LogP contribution in [0.2, 0.25) is 0 Å². The summed E-state index contributed by atoms with van der Waals surface area (Å²) in [5, 5.41) is 12.7. The van der Waals surface area contributed by atoms with Crippen LogP contribution in [0.1, 0.15) is 12.7 Å². The molecule has 0 bridgehead atoms. The first-order valence-electron chi connectivity index (χ1n) is 4.78. The first kappa shape index (κ1) is 12.2. The highest BCUT2D eigenvalue weighted by molar-refractivity contribution is 5.94. The van der Waals surface area contributed by atoms with Gasteiger partial charge in [0.15, 0.2) is 5.92 Å². The molecule has 16 heavy (non-hydrogen) atoms. The van der Waals surface area contributed by atoms with Crippen LogP contribution in [0.3, 0.4) is 0 Å². The molecular formula is C9H13N3O4. The van der Waals surface area contributed by atoms with Gasteiger partial charge < -0.3 is 9.84 Å². The van der Waals surface area contributed by atoms with E-state index >= 15 is 0 Å². The second-order valence-electron chi connectivity index (χ2n) is 3.15. The van der Waals surface area contributed by atoms with E-state index in [4.69, 9.17) is 5.11 Å². The van der Waals surface area contributed by atoms with Crippen LogP contribution in [-0.2, 0) is 27.8 Å². The summed E-state index contributed by atoms with van der Waals surface area (Å²) in [6.07, 6.45) is 1.28. The lowest BCUT2D eigenvalue weighted by atomic mass is 10.1. The van der Waals surface area contributed by atoms with Crippen molar-refractivity contribution in [1.82, 2.24) is 14.8 Å². The van der Waals surface area contributed by atoms with Crippen molar-refractivity contribution in [3.05, 3.63) is 12.2 Å². The number of carbonyl (C=O) groups is 2. The molecule has 88 valence electrons. The molecule has 0 aromatic carbocycles. The van der Waals surface area contributed by atoms with Gasteiger partial charge in [0.2, 0.25) is 0 Å². The van der Waals surface area contributed by atoms with Gasteiger partial charge in [-0.25, -0.2) is 4.98 Å².